The number of amides is 1. The average molecular weight is 480 g/mol. The largest absolute Gasteiger partial charge is 0.279 e. The van der Waals surface area contributed by atoms with Gasteiger partial charge in [-0.05, 0) is 55.8 Å². The first kappa shape index (κ1) is 23.1. The highest BCUT2D eigenvalue weighted by atomic mass is 32.2. The Morgan fingerprint density at radius 3 is 2.21 bits per heavy atom. The van der Waals surface area contributed by atoms with E-state index in [1.54, 1.807) is 24.1 Å². The van der Waals surface area contributed by atoms with Crippen LogP contribution in [0.1, 0.15) is 29.8 Å². The van der Waals surface area contributed by atoms with E-state index < -0.39 is 10.0 Å². The number of thiazole rings is 1. The molecule has 0 bridgehead atoms. The SMILES string of the molecule is CC(C)N(C)S(=O)(=O)c1ccc(C(=O)N(Cc2ccccc2)c2nc3ccccc3s2)cc1. The molecule has 0 saturated carbocycles. The molecular formula is C25H25N3O3S2. The number of nitrogens with zero attached hydrogens (tertiary/aromatic N) is 3. The number of fused-ring (bicyclic) bond motifs is 1. The molecule has 4 rings (SSSR count). The Hall–Kier alpha value is -3.07. The van der Waals surface area contributed by atoms with Crippen molar-refractivity contribution in [1.82, 2.24) is 9.29 Å². The molecule has 33 heavy (non-hydrogen) atoms. The molecule has 0 atom stereocenters. The number of hydrogen-bond acceptors (Lipinski definition) is 5. The second-order valence-electron chi connectivity index (χ2n) is 7.98. The van der Waals surface area contributed by atoms with Crippen molar-refractivity contribution in [2.75, 3.05) is 11.9 Å². The normalized spacial score (nSPS) is 11.9. The second kappa shape index (κ2) is 9.43. The average Bonchev–Trinajstić information content (AvgIpc) is 3.26. The fraction of sp³-hybridized carbons (Fsp3) is 0.200. The van der Waals surface area contributed by atoms with Gasteiger partial charge in [0.1, 0.15) is 0 Å². The van der Waals surface area contributed by atoms with Crippen molar-refractivity contribution in [1.29, 1.82) is 0 Å². The number of carbonyl (C=O) groups excluding carboxylic acids is 1. The smallest absolute Gasteiger partial charge is 0.260 e. The highest BCUT2D eigenvalue weighted by molar-refractivity contribution is 7.89. The van der Waals surface area contributed by atoms with Gasteiger partial charge in [-0.3, -0.25) is 9.69 Å². The van der Waals surface area contributed by atoms with Crippen LogP contribution in [0.5, 0.6) is 0 Å². The lowest BCUT2D eigenvalue weighted by atomic mass is 10.1. The van der Waals surface area contributed by atoms with Gasteiger partial charge in [-0.1, -0.05) is 53.8 Å². The van der Waals surface area contributed by atoms with Gasteiger partial charge in [-0.15, -0.1) is 0 Å². The summed E-state index contributed by atoms with van der Waals surface area (Å²) in [5.74, 6) is -0.237. The third-order valence-corrected chi connectivity index (χ3v) is 8.55. The molecule has 1 heterocycles. The van der Waals surface area contributed by atoms with Crippen LogP contribution < -0.4 is 4.90 Å². The molecule has 0 N–H and O–H groups in total. The Labute approximate surface area is 198 Å². The summed E-state index contributed by atoms with van der Waals surface area (Å²) in [6.45, 7) is 3.99. The lowest BCUT2D eigenvalue weighted by molar-refractivity contribution is 0.0985. The first-order valence-electron chi connectivity index (χ1n) is 10.6. The van der Waals surface area contributed by atoms with E-state index in [0.717, 1.165) is 15.8 Å². The van der Waals surface area contributed by atoms with Crippen LogP contribution >= 0.6 is 11.3 Å². The fourth-order valence-corrected chi connectivity index (χ4v) is 5.67. The van der Waals surface area contributed by atoms with Gasteiger partial charge in [-0.2, -0.15) is 4.31 Å². The fourth-order valence-electron chi connectivity index (χ4n) is 3.34. The van der Waals surface area contributed by atoms with Gasteiger partial charge >= 0.3 is 0 Å². The maximum Gasteiger partial charge on any atom is 0.260 e. The first-order chi connectivity index (χ1) is 15.8. The summed E-state index contributed by atoms with van der Waals surface area (Å²) < 4.78 is 27.9. The van der Waals surface area contributed by atoms with Crippen LogP contribution in [-0.2, 0) is 16.6 Å². The molecule has 0 unspecified atom stereocenters. The Morgan fingerprint density at radius 2 is 1.58 bits per heavy atom. The number of benzene rings is 3. The number of aromatic nitrogens is 1. The van der Waals surface area contributed by atoms with Crippen molar-refractivity contribution in [3.05, 3.63) is 90.0 Å². The molecule has 3 aromatic carbocycles. The van der Waals surface area contributed by atoms with Gasteiger partial charge in [0.2, 0.25) is 10.0 Å². The van der Waals surface area contributed by atoms with E-state index in [2.05, 4.69) is 4.98 Å². The Bertz CT molecular complexity index is 1330. The Morgan fingerprint density at radius 1 is 0.939 bits per heavy atom. The summed E-state index contributed by atoms with van der Waals surface area (Å²) in [7, 11) is -2.07. The molecule has 0 aliphatic rings. The van der Waals surface area contributed by atoms with Crippen molar-refractivity contribution < 1.29 is 13.2 Å². The predicted molar refractivity (Wildman–Crippen MR) is 133 cm³/mol. The van der Waals surface area contributed by atoms with E-state index in [1.165, 1.54) is 27.8 Å². The molecular weight excluding hydrogens is 454 g/mol. The predicted octanol–water partition coefficient (Wildman–Crippen LogP) is 5.17. The zero-order valence-electron chi connectivity index (χ0n) is 18.7. The maximum absolute atomic E-state index is 13.6. The van der Waals surface area contributed by atoms with Crippen LogP contribution in [0.2, 0.25) is 0 Å². The second-order valence-corrected chi connectivity index (χ2v) is 11.0. The molecule has 1 aromatic heterocycles. The van der Waals surface area contributed by atoms with Gasteiger partial charge < -0.3 is 0 Å². The highest BCUT2D eigenvalue weighted by Crippen LogP contribution is 2.31. The minimum absolute atomic E-state index is 0.157. The van der Waals surface area contributed by atoms with E-state index in [4.69, 9.17) is 0 Å². The van der Waals surface area contributed by atoms with Crippen LogP contribution in [0, 0.1) is 0 Å². The van der Waals surface area contributed by atoms with Crippen LogP contribution in [-0.4, -0.2) is 36.7 Å². The topological polar surface area (TPSA) is 70.6 Å². The number of hydrogen-bond donors (Lipinski definition) is 0. The summed E-state index contributed by atoms with van der Waals surface area (Å²) in [5, 5.41) is 0.598. The Kier molecular flexibility index (Phi) is 6.60. The minimum atomic E-state index is -3.62. The summed E-state index contributed by atoms with van der Waals surface area (Å²) in [6, 6.07) is 23.4. The third-order valence-electron chi connectivity index (χ3n) is 5.45. The van der Waals surface area contributed by atoms with Crippen LogP contribution in [0.4, 0.5) is 5.13 Å². The van der Waals surface area contributed by atoms with E-state index in [1.807, 2.05) is 68.4 Å². The lowest BCUT2D eigenvalue weighted by Gasteiger charge is -2.22. The molecule has 0 radical (unpaired) electrons. The molecule has 8 heteroatoms. The van der Waals surface area contributed by atoms with E-state index in [0.29, 0.717) is 17.2 Å². The summed E-state index contributed by atoms with van der Waals surface area (Å²) >= 11 is 1.45. The zero-order chi connectivity index (χ0) is 23.6. The zero-order valence-corrected chi connectivity index (χ0v) is 20.3. The monoisotopic (exact) mass is 479 g/mol. The van der Waals surface area contributed by atoms with Crippen molar-refractivity contribution in [3.63, 3.8) is 0 Å². The van der Waals surface area contributed by atoms with Crippen LogP contribution in [0.15, 0.2) is 83.8 Å². The van der Waals surface area contributed by atoms with Gasteiger partial charge in [-0.25, -0.2) is 13.4 Å². The third kappa shape index (κ3) is 4.83. The minimum Gasteiger partial charge on any atom is -0.279 e. The molecule has 1 amide bonds. The van der Waals surface area contributed by atoms with E-state index >= 15 is 0 Å². The standard InChI is InChI=1S/C25H25N3O3S2/c1-18(2)27(3)33(30,31)21-15-13-20(14-16-21)24(29)28(17-19-9-5-4-6-10-19)25-26-22-11-7-8-12-23(22)32-25/h4-16,18H,17H2,1-3H3. The molecule has 0 aliphatic carbocycles. The van der Waals surface area contributed by atoms with Crippen molar-refractivity contribution >= 4 is 42.6 Å². The first-order valence-corrected chi connectivity index (χ1v) is 12.8. The van der Waals surface area contributed by atoms with Gasteiger partial charge in [0.05, 0.1) is 21.7 Å². The van der Waals surface area contributed by atoms with Crippen LogP contribution in [0.3, 0.4) is 0 Å². The highest BCUT2D eigenvalue weighted by Gasteiger charge is 2.25. The van der Waals surface area contributed by atoms with Crippen LogP contribution in [0.25, 0.3) is 10.2 Å². The van der Waals surface area contributed by atoms with Gasteiger partial charge in [0.25, 0.3) is 5.91 Å². The van der Waals surface area contributed by atoms with E-state index in [9.17, 15) is 13.2 Å². The molecule has 0 aliphatic heterocycles. The van der Waals surface area contributed by atoms with E-state index in [-0.39, 0.29) is 16.8 Å². The molecule has 170 valence electrons. The van der Waals surface area contributed by atoms with Crippen molar-refractivity contribution in [2.24, 2.45) is 0 Å². The molecule has 0 fully saturated rings. The van der Waals surface area contributed by atoms with Crippen molar-refractivity contribution in [2.45, 2.75) is 31.3 Å². The summed E-state index contributed by atoms with van der Waals surface area (Å²) in [5.41, 5.74) is 2.21. The number of anilines is 1. The molecule has 4 aromatic rings. The number of sulfonamides is 1. The summed E-state index contributed by atoms with van der Waals surface area (Å²) in [4.78, 5) is 20.0. The maximum atomic E-state index is 13.6. The quantitative estimate of drug-likeness (QED) is 0.367. The van der Waals surface area contributed by atoms with Crippen molar-refractivity contribution in [3.8, 4) is 0 Å². The van der Waals surface area contributed by atoms with Gasteiger partial charge in [0, 0.05) is 18.7 Å². The van der Waals surface area contributed by atoms with Gasteiger partial charge in [0.15, 0.2) is 5.13 Å². The summed E-state index contributed by atoms with van der Waals surface area (Å²) in [6.07, 6.45) is 0. The number of para-hydroxylation sites is 1. The number of carbonyl (C=O) groups is 1. The molecule has 6 nitrogen and oxygen atoms in total. The lowest BCUT2D eigenvalue weighted by Crippen LogP contribution is -2.33. The molecule has 0 saturated heterocycles. The Balaban J connectivity index is 1.69. The molecule has 0 spiro atoms. The number of rotatable bonds is 7.